The molecule has 0 saturated carbocycles. The topological polar surface area (TPSA) is 64.2 Å². The second-order valence-corrected chi connectivity index (χ2v) is 6.38. The van der Waals surface area contributed by atoms with E-state index in [4.69, 9.17) is 5.73 Å². The van der Waals surface area contributed by atoms with Gasteiger partial charge in [0.2, 0.25) is 5.91 Å². The molecule has 2 aromatic rings. The number of amides is 1. The zero-order valence-electron chi connectivity index (χ0n) is 14.0. The Hall–Kier alpha value is -1.85. The number of carbonyl (C=O) groups excluding carboxylic acids is 1. The summed E-state index contributed by atoms with van der Waals surface area (Å²) in [5.74, 6) is 0.723. The third-order valence-electron chi connectivity index (χ3n) is 4.65. The number of rotatable bonds is 4. The van der Waals surface area contributed by atoms with Crippen molar-refractivity contribution >= 4 is 18.3 Å². The largest absolute Gasteiger partial charge is 0.342 e. The maximum Gasteiger partial charge on any atom is 0.227 e. The molecule has 0 spiro atoms. The van der Waals surface area contributed by atoms with Gasteiger partial charge in [0.25, 0.3) is 0 Å². The monoisotopic (exact) mass is 348 g/mol. The van der Waals surface area contributed by atoms with E-state index in [1.807, 2.05) is 46.1 Å². The molecular formula is C18H25ClN4O. The van der Waals surface area contributed by atoms with Crippen molar-refractivity contribution in [2.45, 2.75) is 32.2 Å². The lowest BCUT2D eigenvalue weighted by Gasteiger charge is -2.33. The van der Waals surface area contributed by atoms with Crippen molar-refractivity contribution < 1.29 is 4.79 Å². The van der Waals surface area contributed by atoms with Crippen LogP contribution in [-0.2, 0) is 11.2 Å². The molecule has 1 aromatic carbocycles. The first kappa shape index (κ1) is 18.5. The number of nitrogens with zero attached hydrogens (tertiary/aromatic N) is 3. The zero-order chi connectivity index (χ0) is 16.2. The number of carbonyl (C=O) groups is 1. The van der Waals surface area contributed by atoms with Crippen LogP contribution in [0.3, 0.4) is 0 Å². The van der Waals surface area contributed by atoms with E-state index in [9.17, 15) is 4.79 Å². The standard InChI is InChI=1S/C18H24N4O.ClH/c1-14(19)16-7-9-21(10-8-16)18(23)11-15-12-20-22(13-15)17-5-3-2-4-6-17;/h2-6,12-14,16H,7-11,19H2,1H3;1H. The third-order valence-corrected chi connectivity index (χ3v) is 4.65. The Balaban J connectivity index is 0.00000208. The number of aromatic nitrogens is 2. The summed E-state index contributed by atoms with van der Waals surface area (Å²) < 4.78 is 1.81. The molecule has 1 aliphatic heterocycles. The molecule has 2 heterocycles. The van der Waals surface area contributed by atoms with Crippen LogP contribution in [0.15, 0.2) is 42.7 Å². The van der Waals surface area contributed by atoms with Crippen LogP contribution in [-0.4, -0.2) is 39.7 Å². The summed E-state index contributed by atoms with van der Waals surface area (Å²) in [5, 5.41) is 4.35. The first-order chi connectivity index (χ1) is 11.1. The lowest BCUT2D eigenvalue weighted by atomic mass is 9.91. The van der Waals surface area contributed by atoms with Gasteiger partial charge in [0, 0.05) is 25.3 Å². The molecule has 3 rings (SSSR count). The molecule has 0 bridgehead atoms. The van der Waals surface area contributed by atoms with Gasteiger partial charge in [0.1, 0.15) is 0 Å². The van der Waals surface area contributed by atoms with Crippen LogP contribution in [0.5, 0.6) is 0 Å². The van der Waals surface area contributed by atoms with Crippen LogP contribution >= 0.6 is 12.4 Å². The number of para-hydroxylation sites is 1. The summed E-state index contributed by atoms with van der Waals surface area (Å²) in [4.78, 5) is 14.4. The Bertz CT molecular complexity index is 648. The maximum atomic E-state index is 12.4. The fourth-order valence-electron chi connectivity index (χ4n) is 3.13. The minimum absolute atomic E-state index is 0. The lowest BCUT2D eigenvalue weighted by molar-refractivity contribution is -0.131. The first-order valence-corrected chi connectivity index (χ1v) is 8.26. The molecule has 130 valence electrons. The number of nitrogens with two attached hydrogens (primary N) is 1. The molecule has 6 heteroatoms. The van der Waals surface area contributed by atoms with Gasteiger partial charge in [-0.15, -0.1) is 12.4 Å². The smallest absolute Gasteiger partial charge is 0.227 e. The fraction of sp³-hybridized carbons (Fsp3) is 0.444. The normalized spacial score (nSPS) is 16.5. The van der Waals surface area contributed by atoms with Crippen LogP contribution in [0.4, 0.5) is 0 Å². The van der Waals surface area contributed by atoms with Crippen LogP contribution in [0.2, 0.25) is 0 Å². The Morgan fingerprint density at radius 1 is 1.29 bits per heavy atom. The Kier molecular flexibility index (Phi) is 6.40. The molecule has 0 radical (unpaired) electrons. The second kappa shape index (κ2) is 8.31. The van der Waals surface area contributed by atoms with E-state index >= 15 is 0 Å². The van der Waals surface area contributed by atoms with Crippen molar-refractivity contribution in [1.29, 1.82) is 0 Å². The van der Waals surface area contributed by atoms with Gasteiger partial charge in [0.05, 0.1) is 18.3 Å². The van der Waals surface area contributed by atoms with Crippen LogP contribution in [0, 0.1) is 5.92 Å². The van der Waals surface area contributed by atoms with E-state index in [1.54, 1.807) is 6.20 Å². The van der Waals surface area contributed by atoms with E-state index in [1.165, 1.54) is 0 Å². The molecular weight excluding hydrogens is 324 g/mol. The van der Waals surface area contributed by atoms with Gasteiger partial charge in [-0.05, 0) is 43.4 Å². The van der Waals surface area contributed by atoms with Crippen LogP contribution in [0.1, 0.15) is 25.3 Å². The van der Waals surface area contributed by atoms with Crippen molar-refractivity contribution in [2.75, 3.05) is 13.1 Å². The molecule has 1 saturated heterocycles. The van der Waals surface area contributed by atoms with E-state index in [-0.39, 0.29) is 24.4 Å². The van der Waals surface area contributed by atoms with Crippen LogP contribution < -0.4 is 5.73 Å². The number of hydrogen-bond donors (Lipinski definition) is 1. The number of likely N-dealkylation sites (tertiary alicyclic amines) is 1. The number of piperidine rings is 1. The van der Waals surface area contributed by atoms with Gasteiger partial charge < -0.3 is 10.6 Å². The van der Waals surface area contributed by atoms with E-state index < -0.39 is 0 Å². The highest BCUT2D eigenvalue weighted by atomic mass is 35.5. The van der Waals surface area contributed by atoms with Gasteiger partial charge in [-0.1, -0.05) is 18.2 Å². The number of hydrogen-bond acceptors (Lipinski definition) is 3. The summed E-state index contributed by atoms with van der Waals surface area (Å²) in [6.45, 7) is 3.69. The highest BCUT2D eigenvalue weighted by molar-refractivity contribution is 5.85. The van der Waals surface area contributed by atoms with Gasteiger partial charge in [-0.3, -0.25) is 4.79 Å². The fourth-order valence-corrected chi connectivity index (χ4v) is 3.13. The minimum Gasteiger partial charge on any atom is -0.342 e. The highest BCUT2D eigenvalue weighted by Crippen LogP contribution is 2.20. The maximum absolute atomic E-state index is 12.4. The van der Waals surface area contributed by atoms with Crippen molar-refractivity contribution in [3.8, 4) is 5.69 Å². The second-order valence-electron chi connectivity index (χ2n) is 6.38. The highest BCUT2D eigenvalue weighted by Gasteiger charge is 2.24. The van der Waals surface area contributed by atoms with E-state index in [0.717, 1.165) is 37.2 Å². The Labute approximate surface area is 149 Å². The minimum atomic E-state index is 0. The molecule has 0 aliphatic carbocycles. The molecule has 1 aliphatic rings. The SMILES string of the molecule is CC(N)C1CCN(C(=O)Cc2cnn(-c3ccccc3)c2)CC1.Cl. The summed E-state index contributed by atoms with van der Waals surface area (Å²) in [6.07, 6.45) is 6.14. The molecule has 1 unspecified atom stereocenters. The van der Waals surface area contributed by atoms with Crippen molar-refractivity contribution in [3.05, 3.63) is 48.3 Å². The summed E-state index contributed by atoms with van der Waals surface area (Å²) >= 11 is 0. The van der Waals surface area contributed by atoms with E-state index in [0.29, 0.717) is 12.3 Å². The quantitative estimate of drug-likeness (QED) is 0.922. The summed E-state index contributed by atoms with van der Waals surface area (Å²) in [6, 6.07) is 10.1. The average Bonchev–Trinajstić information content (AvgIpc) is 3.04. The predicted molar refractivity (Wildman–Crippen MR) is 97.5 cm³/mol. The molecule has 1 atom stereocenters. The lowest BCUT2D eigenvalue weighted by Crippen LogP contribution is -2.43. The molecule has 1 aromatic heterocycles. The van der Waals surface area contributed by atoms with E-state index in [2.05, 4.69) is 12.0 Å². The molecule has 1 fully saturated rings. The summed E-state index contributed by atoms with van der Waals surface area (Å²) in [7, 11) is 0. The third kappa shape index (κ3) is 4.36. The molecule has 5 nitrogen and oxygen atoms in total. The van der Waals surface area contributed by atoms with Crippen molar-refractivity contribution in [1.82, 2.24) is 14.7 Å². The predicted octanol–water partition coefficient (Wildman–Crippen LogP) is 2.42. The molecule has 24 heavy (non-hydrogen) atoms. The average molecular weight is 349 g/mol. The van der Waals surface area contributed by atoms with Gasteiger partial charge in [-0.2, -0.15) is 5.10 Å². The number of halogens is 1. The van der Waals surface area contributed by atoms with Gasteiger partial charge in [0.15, 0.2) is 0 Å². The van der Waals surface area contributed by atoms with Crippen molar-refractivity contribution in [3.63, 3.8) is 0 Å². The molecule has 2 N–H and O–H groups in total. The molecule has 1 amide bonds. The number of benzene rings is 1. The van der Waals surface area contributed by atoms with Gasteiger partial charge >= 0.3 is 0 Å². The first-order valence-electron chi connectivity index (χ1n) is 8.26. The van der Waals surface area contributed by atoms with Gasteiger partial charge in [-0.25, -0.2) is 4.68 Å². The van der Waals surface area contributed by atoms with Crippen molar-refractivity contribution in [2.24, 2.45) is 11.7 Å². The zero-order valence-corrected chi connectivity index (χ0v) is 14.8. The Morgan fingerprint density at radius 2 is 1.96 bits per heavy atom. The van der Waals surface area contributed by atoms with Crippen LogP contribution in [0.25, 0.3) is 5.69 Å². The summed E-state index contributed by atoms with van der Waals surface area (Å²) in [5.41, 5.74) is 7.91. The Morgan fingerprint density at radius 3 is 2.58 bits per heavy atom.